The second kappa shape index (κ2) is 11.0. The van der Waals surface area contributed by atoms with Gasteiger partial charge in [-0.3, -0.25) is 4.79 Å². The quantitative estimate of drug-likeness (QED) is 0.261. The van der Waals surface area contributed by atoms with Gasteiger partial charge in [-0.05, 0) is 67.4 Å². The van der Waals surface area contributed by atoms with Crippen molar-refractivity contribution < 1.29 is 13.9 Å². The molecule has 0 unspecified atom stereocenters. The van der Waals surface area contributed by atoms with Gasteiger partial charge in [-0.15, -0.1) is 0 Å². The Morgan fingerprint density at radius 3 is 2.71 bits per heavy atom. The van der Waals surface area contributed by atoms with Crippen LogP contribution in [0.15, 0.2) is 83.1 Å². The molecule has 0 aliphatic carbocycles. The number of hydrogen-bond acceptors (Lipinski definition) is 5. The summed E-state index contributed by atoms with van der Waals surface area (Å²) >= 11 is 0. The molecule has 1 N–H and O–H groups in total. The summed E-state index contributed by atoms with van der Waals surface area (Å²) in [6, 6.07) is 21.1. The van der Waals surface area contributed by atoms with E-state index < -0.39 is 5.91 Å². The highest BCUT2D eigenvalue weighted by Crippen LogP contribution is 2.30. The molecule has 2 heterocycles. The van der Waals surface area contributed by atoms with Crippen molar-refractivity contribution in [1.82, 2.24) is 15.1 Å². The average molecular weight is 467 g/mol. The van der Waals surface area contributed by atoms with Gasteiger partial charge in [0, 0.05) is 17.3 Å². The Morgan fingerprint density at radius 1 is 1.20 bits per heavy atom. The Hall–Kier alpha value is -4.57. The maximum Gasteiger partial charge on any atom is 0.262 e. The zero-order chi connectivity index (χ0) is 24.6. The number of benzene rings is 2. The zero-order valence-corrected chi connectivity index (χ0v) is 19.7. The molecule has 0 aliphatic rings. The van der Waals surface area contributed by atoms with E-state index in [1.807, 2.05) is 67.7 Å². The summed E-state index contributed by atoms with van der Waals surface area (Å²) in [5.41, 5.74) is 4.00. The van der Waals surface area contributed by atoms with Crippen LogP contribution in [0.2, 0.25) is 0 Å². The van der Waals surface area contributed by atoms with Crippen LogP contribution in [0.3, 0.4) is 0 Å². The Bertz CT molecular complexity index is 1360. The number of amides is 1. The fourth-order valence-corrected chi connectivity index (χ4v) is 3.58. The molecule has 7 nitrogen and oxygen atoms in total. The van der Waals surface area contributed by atoms with E-state index >= 15 is 0 Å². The van der Waals surface area contributed by atoms with Crippen molar-refractivity contribution in [2.24, 2.45) is 0 Å². The Labute approximate surface area is 204 Å². The summed E-state index contributed by atoms with van der Waals surface area (Å²) in [4.78, 5) is 12.7. The van der Waals surface area contributed by atoms with Crippen LogP contribution in [0.25, 0.3) is 23.0 Å². The number of aryl methyl sites for hydroxylation is 1. The maximum absolute atomic E-state index is 12.7. The first-order valence-corrected chi connectivity index (χ1v) is 11.4. The van der Waals surface area contributed by atoms with Crippen molar-refractivity contribution in [3.63, 3.8) is 0 Å². The molecular formula is C28H26N4O3. The van der Waals surface area contributed by atoms with Crippen LogP contribution in [0.4, 0.5) is 0 Å². The standard InChI is InChI=1S/C28H26N4O3/c1-3-13-35-26-12-11-21(15-20(26)2)27-23(19-32(31-27)24-8-5-4-6-9-24)16-22(17-29)28(33)30-18-25-10-7-14-34-25/h4-12,14-16,19H,3,13,18H2,1-2H3,(H,30,33)/b22-16+. The van der Waals surface area contributed by atoms with Crippen LogP contribution in [0.1, 0.15) is 30.2 Å². The molecule has 35 heavy (non-hydrogen) atoms. The van der Waals surface area contributed by atoms with Gasteiger partial charge in [0.1, 0.15) is 28.8 Å². The Kier molecular flexibility index (Phi) is 7.44. The van der Waals surface area contributed by atoms with Gasteiger partial charge in [0.25, 0.3) is 5.91 Å². The normalized spacial score (nSPS) is 11.2. The molecule has 0 aliphatic heterocycles. The first-order chi connectivity index (χ1) is 17.1. The molecule has 0 saturated heterocycles. The number of aromatic nitrogens is 2. The van der Waals surface area contributed by atoms with E-state index in [-0.39, 0.29) is 12.1 Å². The number of carbonyl (C=O) groups is 1. The minimum atomic E-state index is -0.484. The number of rotatable bonds is 9. The summed E-state index contributed by atoms with van der Waals surface area (Å²) in [5.74, 6) is 0.945. The molecule has 7 heteroatoms. The van der Waals surface area contributed by atoms with Crippen molar-refractivity contribution >= 4 is 12.0 Å². The molecule has 2 aromatic heterocycles. The minimum absolute atomic E-state index is 0.0231. The van der Waals surface area contributed by atoms with Gasteiger partial charge in [0.15, 0.2) is 0 Å². The second-order valence-corrected chi connectivity index (χ2v) is 7.97. The van der Waals surface area contributed by atoms with Crippen molar-refractivity contribution in [1.29, 1.82) is 5.26 Å². The minimum Gasteiger partial charge on any atom is -0.493 e. The maximum atomic E-state index is 12.7. The smallest absolute Gasteiger partial charge is 0.262 e. The highest BCUT2D eigenvalue weighted by Gasteiger charge is 2.16. The third-order valence-corrected chi connectivity index (χ3v) is 5.34. The monoisotopic (exact) mass is 466 g/mol. The molecule has 0 spiro atoms. The average Bonchev–Trinajstić information content (AvgIpc) is 3.56. The lowest BCUT2D eigenvalue weighted by molar-refractivity contribution is -0.117. The second-order valence-electron chi connectivity index (χ2n) is 7.97. The third kappa shape index (κ3) is 5.68. The topological polar surface area (TPSA) is 93.1 Å². The molecule has 176 valence electrons. The van der Waals surface area contributed by atoms with Gasteiger partial charge in [-0.2, -0.15) is 10.4 Å². The Morgan fingerprint density at radius 2 is 2.03 bits per heavy atom. The molecule has 0 atom stereocenters. The largest absolute Gasteiger partial charge is 0.493 e. The van der Waals surface area contributed by atoms with Crippen molar-refractivity contribution in [3.05, 3.63) is 95.6 Å². The summed E-state index contributed by atoms with van der Waals surface area (Å²) in [7, 11) is 0. The lowest BCUT2D eigenvalue weighted by Crippen LogP contribution is -2.23. The van der Waals surface area contributed by atoms with Crippen molar-refractivity contribution in [2.45, 2.75) is 26.8 Å². The first kappa shape index (κ1) is 23.6. The summed E-state index contributed by atoms with van der Waals surface area (Å²) in [5, 5.41) is 17.2. The number of carbonyl (C=O) groups excluding carboxylic acids is 1. The molecular weight excluding hydrogens is 440 g/mol. The number of nitriles is 1. The van der Waals surface area contributed by atoms with Crippen LogP contribution < -0.4 is 10.1 Å². The molecule has 0 radical (unpaired) electrons. The predicted molar refractivity (Wildman–Crippen MR) is 134 cm³/mol. The highest BCUT2D eigenvalue weighted by molar-refractivity contribution is 6.02. The van der Waals surface area contributed by atoms with Gasteiger partial charge in [0.05, 0.1) is 25.1 Å². The highest BCUT2D eigenvalue weighted by atomic mass is 16.5. The third-order valence-electron chi connectivity index (χ3n) is 5.34. The van der Waals surface area contributed by atoms with Crippen LogP contribution >= 0.6 is 0 Å². The van der Waals surface area contributed by atoms with Crippen LogP contribution in [0.5, 0.6) is 5.75 Å². The van der Waals surface area contributed by atoms with Crippen LogP contribution in [-0.2, 0) is 11.3 Å². The molecule has 2 aromatic carbocycles. The molecule has 0 fully saturated rings. The number of ether oxygens (including phenoxy) is 1. The predicted octanol–water partition coefficient (Wildman–Crippen LogP) is 5.45. The van der Waals surface area contributed by atoms with E-state index in [2.05, 4.69) is 12.2 Å². The van der Waals surface area contributed by atoms with E-state index in [0.717, 1.165) is 29.0 Å². The lowest BCUT2D eigenvalue weighted by Gasteiger charge is -2.09. The first-order valence-electron chi connectivity index (χ1n) is 11.4. The number of nitrogens with one attached hydrogen (secondary N) is 1. The van der Waals surface area contributed by atoms with Crippen LogP contribution in [0, 0.1) is 18.3 Å². The Balaban J connectivity index is 1.71. The fraction of sp³-hybridized carbons (Fsp3) is 0.179. The fourth-order valence-electron chi connectivity index (χ4n) is 3.58. The molecule has 1 amide bonds. The summed E-state index contributed by atoms with van der Waals surface area (Å²) in [6.07, 6.45) is 5.85. The molecule has 4 aromatic rings. The number of para-hydroxylation sites is 1. The molecule has 0 saturated carbocycles. The van der Waals surface area contributed by atoms with Crippen molar-refractivity contribution in [2.75, 3.05) is 6.61 Å². The van der Waals surface area contributed by atoms with Crippen molar-refractivity contribution in [3.8, 4) is 28.8 Å². The van der Waals surface area contributed by atoms with Gasteiger partial charge < -0.3 is 14.5 Å². The van der Waals surface area contributed by atoms with Gasteiger partial charge in [-0.1, -0.05) is 25.1 Å². The summed E-state index contributed by atoms with van der Waals surface area (Å²) in [6.45, 7) is 4.89. The lowest BCUT2D eigenvalue weighted by atomic mass is 10.0. The van der Waals surface area contributed by atoms with E-state index in [9.17, 15) is 10.1 Å². The molecule has 4 rings (SSSR count). The summed E-state index contributed by atoms with van der Waals surface area (Å²) < 4.78 is 12.8. The van der Waals surface area contributed by atoms with Gasteiger partial charge >= 0.3 is 0 Å². The van der Waals surface area contributed by atoms with E-state index in [0.29, 0.717) is 23.6 Å². The van der Waals surface area contributed by atoms with E-state index in [1.54, 1.807) is 22.9 Å². The van der Waals surface area contributed by atoms with Gasteiger partial charge in [0.2, 0.25) is 0 Å². The molecule has 0 bridgehead atoms. The van der Waals surface area contributed by atoms with Gasteiger partial charge in [-0.25, -0.2) is 4.68 Å². The zero-order valence-electron chi connectivity index (χ0n) is 19.7. The van der Waals surface area contributed by atoms with E-state index in [4.69, 9.17) is 14.3 Å². The van der Waals surface area contributed by atoms with E-state index in [1.165, 1.54) is 6.26 Å². The number of furan rings is 1. The SMILES string of the molecule is CCCOc1ccc(-c2nn(-c3ccccc3)cc2/C=C(\C#N)C(=O)NCc2ccco2)cc1C. The van der Waals surface area contributed by atoms with Crippen LogP contribution in [-0.4, -0.2) is 22.3 Å². The number of hydrogen-bond donors (Lipinski definition) is 1. The number of nitrogens with zero attached hydrogens (tertiary/aromatic N) is 3.